The maximum Gasteiger partial charge on any atom is 0.227 e. The number of halogens is 1. The number of nitrogens with one attached hydrogen (secondary N) is 1. The molecule has 0 bridgehead atoms. The Bertz CT molecular complexity index is 532. The molecule has 0 radical (unpaired) electrons. The van der Waals surface area contributed by atoms with E-state index in [1.807, 2.05) is 24.3 Å². The first-order valence-corrected chi connectivity index (χ1v) is 9.08. The number of carbonyl (C=O) groups excluding carboxylic acids is 1. The van der Waals surface area contributed by atoms with Crippen LogP contribution < -0.4 is 15.8 Å². The summed E-state index contributed by atoms with van der Waals surface area (Å²) in [7, 11) is 0. The average Bonchev–Trinajstić information content (AvgIpc) is 2.62. The van der Waals surface area contributed by atoms with Crippen molar-refractivity contribution in [2.75, 3.05) is 25.1 Å². The lowest BCUT2D eigenvalue weighted by atomic mass is 9.85. The largest absolute Gasteiger partial charge is 0.493 e. The van der Waals surface area contributed by atoms with Crippen molar-refractivity contribution in [2.45, 2.75) is 44.6 Å². The minimum Gasteiger partial charge on any atom is -0.493 e. The van der Waals surface area contributed by atoms with Crippen LogP contribution in [0.25, 0.3) is 0 Å². The second kappa shape index (κ2) is 10.00. The zero-order valence-electron chi connectivity index (χ0n) is 14.6. The van der Waals surface area contributed by atoms with Crippen LogP contribution in [0.4, 0.5) is 5.69 Å². The molecule has 1 aromatic carbocycles. The highest BCUT2D eigenvalue weighted by Crippen LogP contribution is 2.25. The maximum atomic E-state index is 12.3. The van der Waals surface area contributed by atoms with Gasteiger partial charge in [0.1, 0.15) is 5.75 Å². The minimum atomic E-state index is 0. The van der Waals surface area contributed by atoms with Gasteiger partial charge in [0.15, 0.2) is 0 Å². The molecule has 2 fully saturated rings. The van der Waals surface area contributed by atoms with Gasteiger partial charge in [-0.2, -0.15) is 0 Å². The maximum absolute atomic E-state index is 12.3. The lowest BCUT2D eigenvalue weighted by Gasteiger charge is -2.25. The van der Waals surface area contributed by atoms with Gasteiger partial charge >= 0.3 is 0 Å². The molecular formula is C19H29ClN2O3. The van der Waals surface area contributed by atoms with E-state index >= 15 is 0 Å². The molecule has 5 nitrogen and oxygen atoms in total. The Labute approximate surface area is 156 Å². The molecular weight excluding hydrogens is 340 g/mol. The second-order valence-electron chi connectivity index (χ2n) is 7.00. The van der Waals surface area contributed by atoms with Gasteiger partial charge in [-0.05, 0) is 62.3 Å². The van der Waals surface area contributed by atoms with E-state index in [1.54, 1.807) is 0 Å². The number of ether oxygens (including phenoxy) is 2. The van der Waals surface area contributed by atoms with Crippen molar-refractivity contribution in [2.24, 2.45) is 17.6 Å². The number of carbonyl (C=O) groups is 1. The molecule has 3 N–H and O–H groups in total. The summed E-state index contributed by atoms with van der Waals surface area (Å²) in [5.41, 5.74) is 6.78. The third-order valence-corrected chi connectivity index (χ3v) is 5.03. The summed E-state index contributed by atoms with van der Waals surface area (Å²) >= 11 is 0. The average molecular weight is 369 g/mol. The lowest BCUT2D eigenvalue weighted by Crippen LogP contribution is -2.34. The van der Waals surface area contributed by atoms with Crippen molar-refractivity contribution in [1.29, 1.82) is 0 Å². The number of hydrogen-bond donors (Lipinski definition) is 2. The number of rotatable bonds is 5. The highest BCUT2D eigenvalue weighted by atomic mass is 35.5. The van der Waals surface area contributed by atoms with E-state index in [-0.39, 0.29) is 30.3 Å². The van der Waals surface area contributed by atoms with Gasteiger partial charge in [0.05, 0.1) is 6.61 Å². The fraction of sp³-hybridized carbons (Fsp3) is 0.632. The molecule has 1 aliphatic heterocycles. The Kier molecular flexibility index (Phi) is 8.00. The highest BCUT2D eigenvalue weighted by molar-refractivity contribution is 5.92. The first-order chi connectivity index (χ1) is 11.7. The van der Waals surface area contributed by atoms with E-state index in [9.17, 15) is 4.79 Å². The van der Waals surface area contributed by atoms with Crippen LogP contribution in [0.5, 0.6) is 5.75 Å². The summed E-state index contributed by atoms with van der Waals surface area (Å²) in [6, 6.07) is 7.80. The quantitative estimate of drug-likeness (QED) is 0.835. The Balaban J connectivity index is 0.00000225. The van der Waals surface area contributed by atoms with Crippen molar-refractivity contribution in [3.05, 3.63) is 24.3 Å². The zero-order chi connectivity index (χ0) is 16.8. The first kappa shape index (κ1) is 20.0. The fourth-order valence-electron chi connectivity index (χ4n) is 3.47. The summed E-state index contributed by atoms with van der Waals surface area (Å²) in [6.45, 7) is 2.41. The molecule has 0 aromatic heterocycles. The third kappa shape index (κ3) is 6.17. The Morgan fingerprint density at radius 2 is 1.88 bits per heavy atom. The highest BCUT2D eigenvalue weighted by Gasteiger charge is 2.25. The molecule has 2 atom stereocenters. The van der Waals surface area contributed by atoms with Crippen LogP contribution >= 0.6 is 12.4 Å². The van der Waals surface area contributed by atoms with Gasteiger partial charge in [0, 0.05) is 30.9 Å². The number of anilines is 1. The number of benzene rings is 1. The Morgan fingerprint density at radius 1 is 1.16 bits per heavy atom. The standard InChI is InChI=1S/C19H28N2O3.ClH/c20-16-3-1-2-15(12-16)19(22)21-17-4-6-18(7-5-17)24-13-14-8-10-23-11-9-14;/h4-7,14-16H,1-3,8-13,20H2,(H,21,22);1H. The van der Waals surface area contributed by atoms with Gasteiger partial charge in [0.25, 0.3) is 0 Å². The molecule has 1 aliphatic carbocycles. The van der Waals surface area contributed by atoms with Crippen LogP contribution in [-0.2, 0) is 9.53 Å². The van der Waals surface area contributed by atoms with Gasteiger partial charge in [-0.25, -0.2) is 0 Å². The molecule has 2 unspecified atom stereocenters. The lowest BCUT2D eigenvalue weighted by molar-refractivity contribution is -0.120. The smallest absolute Gasteiger partial charge is 0.227 e. The van der Waals surface area contributed by atoms with E-state index < -0.39 is 0 Å². The number of amides is 1. The van der Waals surface area contributed by atoms with Crippen molar-refractivity contribution >= 4 is 24.0 Å². The van der Waals surface area contributed by atoms with Crippen LogP contribution in [0.2, 0.25) is 0 Å². The van der Waals surface area contributed by atoms with Crippen LogP contribution in [0, 0.1) is 11.8 Å². The molecule has 1 aromatic rings. The van der Waals surface area contributed by atoms with Gasteiger partial charge in [-0.15, -0.1) is 12.4 Å². The van der Waals surface area contributed by atoms with Crippen molar-refractivity contribution in [3.8, 4) is 5.75 Å². The van der Waals surface area contributed by atoms with E-state index in [2.05, 4.69) is 5.32 Å². The molecule has 2 aliphatic rings. The SMILES string of the molecule is Cl.NC1CCCC(C(=O)Nc2ccc(OCC3CCOCC3)cc2)C1. The summed E-state index contributed by atoms with van der Waals surface area (Å²) in [5.74, 6) is 1.55. The first-order valence-electron chi connectivity index (χ1n) is 9.08. The zero-order valence-corrected chi connectivity index (χ0v) is 15.4. The Morgan fingerprint density at radius 3 is 2.56 bits per heavy atom. The van der Waals surface area contributed by atoms with Gasteiger partial charge in [-0.3, -0.25) is 4.79 Å². The van der Waals surface area contributed by atoms with Crippen molar-refractivity contribution in [1.82, 2.24) is 0 Å². The molecule has 3 rings (SSSR count). The molecule has 1 saturated carbocycles. The van der Waals surface area contributed by atoms with Crippen LogP contribution in [0.15, 0.2) is 24.3 Å². The van der Waals surface area contributed by atoms with Crippen molar-refractivity contribution in [3.63, 3.8) is 0 Å². The number of hydrogen-bond acceptors (Lipinski definition) is 4. The summed E-state index contributed by atoms with van der Waals surface area (Å²) in [4.78, 5) is 12.3. The predicted molar refractivity (Wildman–Crippen MR) is 101 cm³/mol. The number of nitrogens with two attached hydrogens (primary N) is 1. The Hall–Kier alpha value is -1.30. The van der Waals surface area contributed by atoms with Crippen molar-refractivity contribution < 1.29 is 14.3 Å². The normalized spacial score (nSPS) is 24.2. The monoisotopic (exact) mass is 368 g/mol. The van der Waals surface area contributed by atoms with Crippen LogP contribution in [-0.4, -0.2) is 31.8 Å². The van der Waals surface area contributed by atoms with Crippen LogP contribution in [0.3, 0.4) is 0 Å². The van der Waals surface area contributed by atoms with E-state index in [1.165, 1.54) is 0 Å². The molecule has 1 heterocycles. The minimum absolute atomic E-state index is 0. The summed E-state index contributed by atoms with van der Waals surface area (Å²) in [5, 5.41) is 3.00. The predicted octanol–water partition coefficient (Wildman–Crippen LogP) is 3.37. The fourth-order valence-corrected chi connectivity index (χ4v) is 3.47. The molecule has 0 spiro atoms. The molecule has 140 valence electrons. The summed E-state index contributed by atoms with van der Waals surface area (Å²) in [6.07, 6.45) is 5.93. The van der Waals surface area contributed by atoms with E-state index in [4.69, 9.17) is 15.2 Å². The third-order valence-electron chi connectivity index (χ3n) is 5.03. The molecule has 25 heavy (non-hydrogen) atoms. The molecule has 1 amide bonds. The molecule has 6 heteroatoms. The van der Waals surface area contributed by atoms with Gasteiger partial charge in [-0.1, -0.05) is 6.42 Å². The van der Waals surface area contributed by atoms with E-state index in [0.717, 1.165) is 69.8 Å². The summed E-state index contributed by atoms with van der Waals surface area (Å²) < 4.78 is 11.2. The van der Waals surface area contributed by atoms with E-state index in [0.29, 0.717) is 5.92 Å². The van der Waals surface area contributed by atoms with Gasteiger partial charge in [0.2, 0.25) is 5.91 Å². The topological polar surface area (TPSA) is 73.6 Å². The second-order valence-corrected chi connectivity index (χ2v) is 7.00. The molecule has 1 saturated heterocycles. The van der Waals surface area contributed by atoms with Gasteiger partial charge < -0.3 is 20.5 Å². The van der Waals surface area contributed by atoms with Crippen LogP contribution in [0.1, 0.15) is 38.5 Å².